The van der Waals surface area contributed by atoms with E-state index in [9.17, 15) is 9.59 Å². The van der Waals surface area contributed by atoms with Gasteiger partial charge in [0.15, 0.2) is 0 Å². The number of ether oxygens (including phenoxy) is 1. The zero-order valence-corrected chi connectivity index (χ0v) is 16.8. The lowest BCUT2D eigenvalue weighted by molar-refractivity contribution is 0.0951. The minimum atomic E-state index is -0.247. The summed E-state index contributed by atoms with van der Waals surface area (Å²) in [5.41, 5.74) is 4.65. The number of amides is 2. The lowest BCUT2D eigenvalue weighted by Gasteiger charge is -2.11. The van der Waals surface area contributed by atoms with Crippen molar-refractivity contribution < 1.29 is 14.3 Å². The van der Waals surface area contributed by atoms with Crippen LogP contribution >= 0.6 is 0 Å². The van der Waals surface area contributed by atoms with Crippen LogP contribution in [0.3, 0.4) is 0 Å². The van der Waals surface area contributed by atoms with E-state index in [1.165, 1.54) is 0 Å². The van der Waals surface area contributed by atoms with Gasteiger partial charge < -0.3 is 15.4 Å². The Morgan fingerprint density at radius 2 is 1.55 bits per heavy atom. The van der Waals surface area contributed by atoms with Gasteiger partial charge in [-0.25, -0.2) is 0 Å². The van der Waals surface area contributed by atoms with Gasteiger partial charge in [-0.1, -0.05) is 30.3 Å². The minimum absolute atomic E-state index is 0.234. The van der Waals surface area contributed by atoms with Crippen LogP contribution in [0, 0.1) is 13.8 Å². The van der Waals surface area contributed by atoms with Gasteiger partial charge >= 0.3 is 0 Å². The van der Waals surface area contributed by atoms with E-state index in [4.69, 9.17) is 4.74 Å². The first-order valence-corrected chi connectivity index (χ1v) is 9.36. The van der Waals surface area contributed by atoms with Gasteiger partial charge in [0.05, 0.1) is 7.11 Å². The maximum absolute atomic E-state index is 12.6. The Balaban J connectivity index is 1.66. The SMILES string of the molecule is COc1ccc(CNC(=O)c2cccc(C(=O)Nc3cc(C)ccc3C)c2)cc1. The number of methoxy groups -OCH3 is 1. The largest absolute Gasteiger partial charge is 0.497 e. The third-order valence-electron chi connectivity index (χ3n) is 4.64. The van der Waals surface area contributed by atoms with E-state index in [-0.39, 0.29) is 11.8 Å². The number of hydrogen-bond donors (Lipinski definition) is 2. The molecule has 0 aliphatic heterocycles. The van der Waals surface area contributed by atoms with Crippen LogP contribution < -0.4 is 15.4 Å². The summed E-state index contributed by atoms with van der Waals surface area (Å²) in [7, 11) is 1.61. The molecule has 0 saturated heterocycles. The molecule has 3 aromatic rings. The van der Waals surface area contributed by atoms with Crippen molar-refractivity contribution in [2.24, 2.45) is 0 Å². The summed E-state index contributed by atoms with van der Waals surface area (Å²) in [4.78, 5) is 25.1. The first-order valence-electron chi connectivity index (χ1n) is 9.36. The molecular formula is C24H24N2O3. The van der Waals surface area contributed by atoms with Gasteiger partial charge in [0.1, 0.15) is 5.75 Å². The Morgan fingerprint density at radius 1 is 0.862 bits per heavy atom. The highest BCUT2D eigenvalue weighted by Gasteiger charge is 2.12. The van der Waals surface area contributed by atoms with Gasteiger partial charge in [0.25, 0.3) is 11.8 Å². The molecule has 0 aromatic heterocycles. The van der Waals surface area contributed by atoms with Gasteiger partial charge in [0, 0.05) is 23.4 Å². The van der Waals surface area contributed by atoms with Gasteiger partial charge in [0.2, 0.25) is 0 Å². The Bertz CT molecular complexity index is 1030. The van der Waals surface area contributed by atoms with Crippen molar-refractivity contribution in [3.05, 3.63) is 94.5 Å². The first kappa shape index (κ1) is 20.1. The van der Waals surface area contributed by atoms with Crippen molar-refractivity contribution in [3.8, 4) is 5.75 Å². The average molecular weight is 388 g/mol. The van der Waals surface area contributed by atoms with Gasteiger partial charge in [-0.3, -0.25) is 9.59 Å². The summed E-state index contributed by atoms with van der Waals surface area (Å²) in [5.74, 6) is 0.286. The van der Waals surface area contributed by atoms with E-state index in [0.29, 0.717) is 17.7 Å². The molecule has 29 heavy (non-hydrogen) atoms. The fourth-order valence-corrected chi connectivity index (χ4v) is 2.89. The molecule has 0 spiro atoms. The maximum Gasteiger partial charge on any atom is 0.255 e. The van der Waals surface area contributed by atoms with Crippen molar-refractivity contribution in [1.29, 1.82) is 0 Å². The molecule has 0 unspecified atom stereocenters. The van der Waals surface area contributed by atoms with E-state index in [1.807, 2.05) is 56.3 Å². The van der Waals surface area contributed by atoms with Crippen molar-refractivity contribution in [1.82, 2.24) is 5.32 Å². The van der Waals surface area contributed by atoms with Crippen LogP contribution in [0.1, 0.15) is 37.4 Å². The van der Waals surface area contributed by atoms with Gasteiger partial charge in [-0.05, 0) is 66.9 Å². The number of rotatable bonds is 6. The highest BCUT2D eigenvalue weighted by molar-refractivity contribution is 6.06. The Morgan fingerprint density at radius 3 is 2.24 bits per heavy atom. The summed E-state index contributed by atoms with van der Waals surface area (Å²) < 4.78 is 5.13. The molecule has 0 bridgehead atoms. The molecule has 0 saturated carbocycles. The highest BCUT2D eigenvalue weighted by atomic mass is 16.5. The number of carbonyl (C=O) groups excluding carboxylic acids is 2. The van der Waals surface area contributed by atoms with Crippen LogP contribution in [0.25, 0.3) is 0 Å². The molecule has 0 atom stereocenters. The third-order valence-corrected chi connectivity index (χ3v) is 4.64. The van der Waals surface area contributed by atoms with Crippen LogP contribution in [0.2, 0.25) is 0 Å². The van der Waals surface area contributed by atoms with Gasteiger partial charge in [-0.15, -0.1) is 0 Å². The molecule has 0 aliphatic rings. The number of anilines is 1. The van der Waals surface area contributed by atoms with Crippen LogP contribution in [0.4, 0.5) is 5.69 Å². The number of hydrogen-bond acceptors (Lipinski definition) is 3. The van der Waals surface area contributed by atoms with E-state index in [0.717, 1.165) is 28.1 Å². The molecule has 2 amide bonds. The first-order chi connectivity index (χ1) is 14.0. The summed E-state index contributed by atoms with van der Waals surface area (Å²) >= 11 is 0. The summed E-state index contributed by atoms with van der Waals surface area (Å²) in [6.45, 7) is 4.31. The third kappa shape index (κ3) is 5.23. The van der Waals surface area contributed by atoms with Crippen molar-refractivity contribution >= 4 is 17.5 Å². The molecule has 5 nitrogen and oxygen atoms in total. The molecule has 3 rings (SSSR count). The molecule has 148 valence electrons. The number of benzene rings is 3. The summed E-state index contributed by atoms with van der Waals surface area (Å²) in [5, 5.41) is 5.79. The maximum atomic E-state index is 12.6. The topological polar surface area (TPSA) is 67.4 Å². The minimum Gasteiger partial charge on any atom is -0.497 e. The van der Waals surface area contributed by atoms with E-state index in [1.54, 1.807) is 31.4 Å². The Kier molecular flexibility index (Phi) is 6.29. The van der Waals surface area contributed by atoms with Gasteiger partial charge in [-0.2, -0.15) is 0 Å². The number of nitrogens with one attached hydrogen (secondary N) is 2. The van der Waals surface area contributed by atoms with E-state index in [2.05, 4.69) is 10.6 Å². The predicted molar refractivity (Wildman–Crippen MR) is 114 cm³/mol. The fraction of sp³-hybridized carbons (Fsp3) is 0.167. The molecule has 0 radical (unpaired) electrons. The molecular weight excluding hydrogens is 364 g/mol. The van der Waals surface area contributed by atoms with Crippen molar-refractivity contribution in [2.75, 3.05) is 12.4 Å². The van der Waals surface area contributed by atoms with Crippen LogP contribution in [0.5, 0.6) is 5.75 Å². The smallest absolute Gasteiger partial charge is 0.255 e. The molecule has 0 aliphatic carbocycles. The summed E-state index contributed by atoms with van der Waals surface area (Å²) in [6, 6.07) is 20.1. The molecule has 0 heterocycles. The van der Waals surface area contributed by atoms with Crippen molar-refractivity contribution in [2.45, 2.75) is 20.4 Å². The zero-order chi connectivity index (χ0) is 20.8. The standard InChI is InChI=1S/C24H24N2O3/c1-16-7-8-17(2)22(13-16)26-24(28)20-6-4-5-19(14-20)23(27)25-15-18-9-11-21(29-3)12-10-18/h4-14H,15H2,1-3H3,(H,25,27)(H,26,28). The van der Waals surface area contributed by atoms with Crippen molar-refractivity contribution in [3.63, 3.8) is 0 Å². The fourth-order valence-electron chi connectivity index (χ4n) is 2.89. The number of carbonyl (C=O) groups is 2. The van der Waals surface area contributed by atoms with Crippen LogP contribution in [0.15, 0.2) is 66.7 Å². The second-order valence-electron chi connectivity index (χ2n) is 6.88. The van der Waals surface area contributed by atoms with E-state index >= 15 is 0 Å². The Hall–Kier alpha value is -3.60. The zero-order valence-electron chi connectivity index (χ0n) is 16.8. The highest BCUT2D eigenvalue weighted by Crippen LogP contribution is 2.18. The van der Waals surface area contributed by atoms with E-state index < -0.39 is 0 Å². The van der Waals surface area contributed by atoms with Crippen LogP contribution in [-0.4, -0.2) is 18.9 Å². The monoisotopic (exact) mass is 388 g/mol. The normalized spacial score (nSPS) is 10.3. The quantitative estimate of drug-likeness (QED) is 0.654. The van der Waals surface area contributed by atoms with Crippen LogP contribution in [-0.2, 0) is 6.54 Å². The lowest BCUT2D eigenvalue weighted by Crippen LogP contribution is -2.23. The predicted octanol–water partition coefficient (Wildman–Crippen LogP) is 4.49. The molecule has 5 heteroatoms. The lowest BCUT2D eigenvalue weighted by atomic mass is 10.1. The second kappa shape index (κ2) is 9.06. The molecule has 3 aromatic carbocycles. The Labute approximate surface area is 170 Å². The molecule has 2 N–H and O–H groups in total. The average Bonchev–Trinajstić information content (AvgIpc) is 2.75. The molecule has 0 fully saturated rings. The summed E-state index contributed by atoms with van der Waals surface area (Å²) in [6.07, 6.45) is 0. The number of aryl methyl sites for hydroxylation is 2. The second-order valence-corrected chi connectivity index (χ2v) is 6.88.